The molecule has 1 rings (SSSR count). The summed E-state index contributed by atoms with van der Waals surface area (Å²) in [5.41, 5.74) is 0. The third kappa shape index (κ3) is 0.445. The van der Waals surface area contributed by atoms with Crippen molar-refractivity contribution in [3.8, 4) is 23.8 Å². The lowest BCUT2D eigenvalue weighted by Crippen LogP contribution is -1.97. The highest BCUT2D eigenvalue weighted by atomic mass is 14.8. The van der Waals surface area contributed by atoms with Crippen LogP contribution in [0.15, 0.2) is 0 Å². The molecule has 0 unspecified atom stereocenters. The van der Waals surface area contributed by atoms with Gasteiger partial charge in [0.15, 0.2) is 0 Å². The fourth-order valence-electron chi connectivity index (χ4n) is 0.230. The molecule has 0 spiro atoms. The van der Waals surface area contributed by atoms with Gasteiger partial charge in [0.05, 0.1) is 0 Å². The molecule has 1 aliphatic heterocycles. The maximum atomic E-state index is 3.64. The quantitative estimate of drug-likeness (QED) is 0.347. The third-order valence-electron chi connectivity index (χ3n) is 0.444. The topological polar surface area (TPSA) is 14.1 Å². The second-order valence-corrected chi connectivity index (χ2v) is 0.855. The largest absolute Gasteiger partial charge is 0.222 e. The van der Waals surface area contributed by atoms with Crippen LogP contribution in [0.4, 0.5) is 0 Å². The molecule has 0 amide bonds. The van der Waals surface area contributed by atoms with Crippen LogP contribution in [-0.4, -0.2) is 6.54 Å². The summed E-state index contributed by atoms with van der Waals surface area (Å²) in [6, 6.07) is 2.49. The van der Waals surface area contributed by atoms with Crippen molar-refractivity contribution in [2.75, 3.05) is 6.54 Å². The molecule has 0 N–H and O–H groups in total. The maximum Gasteiger partial charge on any atom is 0.111 e. The lowest BCUT2D eigenvalue weighted by atomic mass is 10.5. The number of hydrogen-bond acceptors (Lipinski definition) is 0. The second-order valence-electron chi connectivity index (χ2n) is 0.855. The van der Waals surface area contributed by atoms with Gasteiger partial charge in [-0.05, 0) is 5.92 Å². The predicted octanol–water partition coefficient (Wildman–Crippen LogP) is -0.431. The van der Waals surface area contributed by atoms with Crippen molar-refractivity contribution in [1.82, 2.24) is 5.32 Å². The van der Waals surface area contributed by atoms with Crippen LogP contribution < -0.4 is 5.32 Å². The fourth-order valence-corrected chi connectivity index (χ4v) is 0.230. The van der Waals surface area contributed by atoms with Crippen LogP contribution >= 0.6 is 0 Å². The molecule has 0 fully saturated rings. The van der Waals surface area contributed by atoms with Crippen LogP contribution in [0, 0.1) is 23.8 Å². The van der Waals surface area contributed by atoms with Crippen molar-refractivity contribution in [2.24, 2.45) is 0 Å². The molecule has 0 aromatic carbocycles. The third-order valence-corrected chi connectivity index (χ3v) is 0.444. The Labute approximate surface area is 36.7 Å². The minimum Gasteiger partial charge on any atom is -0.222 e. The van der Waals surface area contributed by atoms with Gasteiger partial charge in [0.2, 0.25) is 0 Å². The van der Waals surface area contributed by atoms with Crippen LogP contribution in [0.2, 0.25) is 0 Å². The van der Waals surface area contributed by atoms with E-state index in [4.69, 9.17) is 0 Å². The Hall–Kier alpha value is -1.08. The highest BCUT2D eigenvalue weighted by molar-refractivity contribution is 5.29. The lowest BCUT2D eigenvalue weighted by Gasteiger charge is -1.80. The fraction of sp³-hybridized carbons (Fsp3) is 0.200. The molecule has 0 saturated carbocycles. The Balaban J connectivity index is 2.67. The van der Waals surface area contributed by atoms with E-state index < -0.39 is 0 Å². The minimum atomic E-state index is 0.590. The average Bonchev–Trinajstić information content (AvgIpc) is 1.72. The summed E-state index contributed by atoms with van der Waals surface area (Å²) in [7, 11) is 0. The molecular formula is C5H2N. The van der Waals surface area contributed by atoms with E-state index in [2.05, 4.69) is 29.1 Å². The molecule has 1 nitrogen and oxygen atoms in total. The predicted molar refractivity (Wildman–Crippen MR) is 22.6 cm³/mol. The van der Waals surface area contributed by atoms with Gasteiger partial charge in [0, 0.05) is 12.0 Å². The van der Waals surface area contributed by atoms with Crippen molar-refractivity contribution in [3.05, 3.63) is 0 Å². The van der Waals surface area contributed by atoms with E-state index >= 15 is 0 Å². The van der Waals surface area contributed by atoms with Crippen LogP contribution in [0.5, 0.6) is 0 Å². The van der Waals surface area contributed by atoms with Gasteiger partial charge in [0.25, 0.3) is 0 Å². The van der Waals surface area contributed by atoms with E-state index in [1.165, 1.54) is 0 Å². The van der Waals surface area contributed by atoms with Gasteiger partial charge in [-0.2, -0.15) is 0 Å². The van der Waals surface area contributed by atoms with E-state index in [0.29, 0.717) is 6.54 Å². The van der Waals surface area contributed by atoms with Crippen molar-refractivity contribution in [1.29, 1.82) is 0 Å². The Morgan fingerprint density at radius 1 is 1.33 bits per heavy atom. The first-order valence-corrected chi connectivity index (χ1v) is 1.64. The van der Waals surface area contributed by atoms with Crippen molar-refractivity contribution >= 4 is 0 Å². The summed E-state index contributed by atoms with van der Waals surface area (Å²) in [5, 5.41) is 3.64. The number of hydrogen-bond donors (Lipinski definition) is 0. The van der Waals surface area contributed by atoms with Gasteiger partial charge < -0.3 is 0 Å². The molecule has 1 heteroatoms. The first-order chi connectivity index (χ1) is 3.00. The maximum absolute atomic E-state index is 3.64. The lowest BCUT2D eigenvalue weighted by molar-refractivity contribution is 1.03. The van der Waals surface area contributed by atoms with Crippen LogP contribution in [0.1, 0.15) is 0 Å². The summed E-state index contributed by atoms with van der Waals surface area (Å²) in [6.45, 7) is 0.590. The molecule has 0 aromatic rings. The monoisotopic (exact) mass is 76.0 g/mol. The molecule has 0 aromatic heterocycles. The Bertz CT molecular complexity index is 128. The highest BCUT2D eigenvalue weighted by Crippen LogP contribution is 1.61. The minimum absolute atomic E-state index is 0.590. The average molecular weight is 76.1 g/mol. The standard InChI is InChI=1S/C5H2N/c1-2-4-6-5-3-1/h4H2. The van der Waals surface area contributed by atoms with Crippen LogP contribution in [0.25, 0.3) is 0 Å². The summed E-state index contributed by atoms with van der Waals surface area (Å²) >= 11 is 0. The van der Waals surface area contributed by atoms with Gasteiger partial charge in [-0.25, -0.2) is 5.32 Å². The molecule has 0 atom stereocenters. The zero-order valence-corrected chi connectivity index (χ0v) is 3.15. The van der Waals surface area contributed by atoms with E-state index in [9.17, 15) is 0 Å². The Morgan fingerprint density at radius 2 is 2.33 bits per heavy atom. The summed E-state index contributed by atoms with van der Waals surface area (Å²) < 4.78 is 0. The molecule has 0 bridgehead atoms. The zero-order valence-electron chi connectivity index (χ0n) is 3.15. The zero-order chi connectivity index (χ0) is 4.24. The summed E-state index contributed by atoms with van der Waals surface area (Å²) in [5.74, 6) is 7.78. The van der Waals surface area contributed by atoms with E-state index in [1.807, 2.05) is 0 Å². The van der Waals surface area contributed by atoms with E-state index in [1.54, 1.807) is 0 Å². The molecular weight excluding hydrogens is 74.1 g/mol. The van der Waals surface area contributed by atoms with Gasteiger partial charge in [0.1, 0.15) is 6.54 Å². The molecule has 1 aliphatic rings. The molecule has 6 heavy (non-hydrogen) atoms. The first-order valence-electron chi connectivity index (χ1n) is 1.64. The SMILES string of the molecule is C1#CC[N]C#C1. The molecule has 0 saturated heterocycles. The van der Waals surface area contributed by atoms with Crippen LogP contribution in [0.3, 0.4) is 0 Å². The van der Waals surface area contributed by atoms with Gasteiger partial charge in [-0.15, -0.1) is 0 Å². The van der Waals surface area contributed by atoms with E-state index in [0.717, 1.165) is 0 Å². The van der Waals surface area contributed by atoms with Gasteiger partial charge >= 0.3 is 0 Å². The summed E-state index contributed by atoms with van der Waals surface area (Å²) in [4.78, 5) is 0. The molecule has 27 valence electrons. The smallest absolute Gasteiger partial charge is 0.111 e. The first kappa shape index (κ1) is 3.12. The van der Waals surface area contributed by atoms with Crippen LogP contribution in [-0.2, 0) is 0 Å². The van der Waals surface area contributed by atoms with Crippen molar-refractivity contribution in [2.45, 2.75) is 0 Å². The Kier molecular flexibility index (Phi) is 0.719. The Morgan fingerprint density at radius 3 is 2.50 bits per heavy atom. The number of rotatable bonds is 0. The van der Waals surface area contributed by atoms with Crippen molar-refractivity contribution in [3.63, 3.8) is 0 Å². The number of nitrogens with zero attached hydrogens (tertiary/aromatic N) is 1. The molecule has 1 heterocycles. The van der Waals surface area contributed by atoms with E-state index in [-0.39, 0.29) is 0 Å². The van der Waals surface area contributed by atoms with Crippen molar-refractivity contribution < 1.29 is 0 Å². The normalized spacial score (nSPS) is 12.0. The molecule has 0 aliphatic carbocycles. The summed E-state index contributed by atoms with van der Waals surface area (Å²) in [6.07, 6.45) is 0. The second kappa shape index (κ2) is 1.38. The van der Waals surface area contributed by atoms with Gasteiger partial charge in [-0.1, -0.05) is 5.92 Å². The van der Waals surface area contributed by atoms with Gasteiger partial charge in [-0.3, -0.25) is 0 Å². The molecule has 1 radical (unpaired) electrons. The highest BCUT2D eigenvalue weighted by Gasteiger charge is 1.73.